The van der Waals surface area contributed by atoms with Crippen LogP contribution in [0.2, 0.25) is 0 Å². The monoisotopic (exact) mass is 323 g/mol. The van der Waals surface area contributed by atoms with E-state index in [1.54, 1.807) is 0 Å². The Hall–Kier alpha value is -1.79. The first-order valence-electron chi connectivity index (χ1n) is 8.09. The molecule has 0 amide bonds. The van der Waals surface area contributed by atoms with E-state index in [1.165, 1.54) is 0 Å². The second-order valence-corrected chi connectivity index (χ2v) is 5.77. The number of hydrogen-bond donors (Lipinski definition) is 2. The number of carboxylic acids is 1. The predicted octanol–water partition coefficient (Wildman–Crippen LogP) is 1.62. The van der Waals surface area contributed by atoms with E-state index >= 15 is 0 Å². The van der Waals surface area contributed by atoms with Gasteiger partial charge in [-0.05, 0) is 37.1 Å². The highest BCUT2D eigenvalue weighted by Crippen LogP contribution is 2.19. The molecule has 1 aromatic carbocycles. The summed E-state index contributed by atoms with van der Waals surface area (Å²) < 4.78 is 11.2. The second kappa shape index (κ2) is 8.74. The molecule has 0 saturated carbocycles. The minimum atomic E-state index is -0.939. The highest BCUT2D eigenvalue weighted by molar-refractivity contribution is 5.71. The van der Waals surface area contributed by atoms with Crippen LogP contribution in [0.5, 0.6) is 11.5 Å². The SMILES string of the molecule is CCCOc1ccc(OCCN2CC[C@H](O)[C@@H](C(=O)O)C2)cc1. The average molecular weight is 323 g/mol. The normalized spacial score (nSPS) is 21.8. The Kier molecular flexibility index (Phi) is 6.67. The first kappa shape index (κ1) is 17.6. The molecule has 1 aliphatic rings. The molecule has 1 fully saturated rings. The molecule has 2 atom stereocenters. The molecule has 2 rings (SSSR count). The van der Waals surface area contributed by atoms with Crippen molar-refractivity contribution >= 4 is 5.97 Å². The van der Waals surface area contributed by atoms with Gasteiger partial charge in [0.15, 0.2) is 0 Å². The van der Waals surface area contributed by atoms with Gasteiger partial charge < -0.3 is 19.7 Å². The Labute approximate surface area is 136 Å². The topological polar surface area (TPSA) is 79.2 Å². The highest BCUT2D eigenvalue weighted by atomic mass is 16.5. The van der Waals surface area contributed by atoms with E-state index in [4.69, 9.17) is 14.6 Å². The maximum absolute atomic E-state index is 11.1. The maximum atomic E-state index is 11.1. The number of piperidine rings is 1. The van der Waals surface area contributed by atoms with Crippen molar-refractivity contribution < 1.29 is 24.5 Å². The van der Waals surface area contributed by atoms with Crippen LogP contribution < -0.4 is 9.47 Å². The van der Waals surface area contributed by atoms with E-state index in [1.807, 2.05) is 29.2 Å². The van der Waals surface area contributed by atoms with E-state index in [-0.39, 0.29) is 0 Å². The minimum Gasteiger partial charge on any atom is -0.494 e. The predicted molar refractivity (Wildman–Crippen MR) is 85.9 cm³/mol. The third kappa shape index (κ3) is 5.41. The molecule has 0 aliphatic carbocycles. The summed E-state index contributed by atoms with van der Waals surface area (Å²) in [6, 6.07) is 7.49. The van der Waals surface area contributed by atoms with E-state index in [9.17, 15) is 9.90 Å². The standard InChI is InChI=1S/C17H25NO5/c1-2-10-22-13-3-5-14(6-4-13)23-11-9-18-8-7-16(19)15(12-18)17(20)21/h3-6,15-16,19H,2,7-12H2,1H3,(H,20,21)/t15-,16-/m0/s1. The van der Waals surface area contributed by atoms with Gasteiger partial charge in [-0.1, -0.05) is 6.92 Å². The molecular weight excluding hydrogens is 298 g/mol. The van der Waals surface area contributed by atoms with Crippen LogP contribution in [-0.2, 0) is 4.79 Å². The third-order valence-electron chi connectivity index (χ3n) is 3.95. The van der Waals surface area contributed by atoms with Crippen LogP contribution in [0.25, 0.3) is 0 Å². The van der Waals surface area contributed by atoms with Crippen LogP contribution in [0, 0.1) is 5.92 Å². The van der Waals surface area contributed by atoms with Gasteiger partial charge in [0, 0.05) is 19.6 Å². The van der Waals surface area contributed by atoms with E-state index in [0.717, 1.165) is 17.9 Å². The molecule has 6 heteroatoms. The summed E-state index contributed by atoms with van der Waals surface area (Å²) in [5, 5.41) is 18.8. The Bertz CT molecular complexity index is 490. The molecule has 1 saturated heterocycles. The number of carboxylic acid groups (broad SMARTS) is 1. The minimum absolute atomic E-state index is 0.365. The smallest absolute Gasteiger partial charge is 0.310 e. The van der Waals surface area contributed by atoms with Gasteiger partial charge in [0.25, 0.3) is 0 Å². The summed E-state index contributed by atoms with van der Waals surface area (Å²) in [5.74, 6) is -0.0567. The molecule has 0 bridgehead atoms. The lowest BCUT2D eigenvalue weighted by atomic mass is 9.95. The van der Waals surface area contributed by atoms with Crippen LogP contribution in [0.3, 0.4) is 0 Å². The van der Waals surface area contributed by atoms with Crippen molar-refractivity contribution in [2.45, 2.75) is 25.9 Å². The maximum Gasteiger partial charge on any atom is 0.310 e. The molecule has 0 radical (unpaired) electrons. The fourth-order valence-electron chi connectivity index (χ4n) is 2.60. The van der Waals surface area contributed by atoms with Crippen LogP contribution >= 0.6 is 0 Å². The molecular formula is C17H25NO5. The van der Waals surface area contributed by atoms with E-state index < -0.39 is 18.0 Å². The highest BCUT2D eigenvalue weighted by Gasteiger charge is 2.32. The number of hydrogen-bond acceptors (Lipinski definition) is 5. The zero-order chi connectivity index (χ0) is 16.7. The first-order chi connectivity index (χ1) is 11.1. The second-order valence-electron chi connectivity index (χ2n) is 5.77. The summed E-state index contributed by atoms with van der Waals surface area (Å²) in [4.78, 5) is 13.1. The van der Waals surface area contributed by atoms with Crippen molar-refractivity contribution in [3.63, 3.8) is 0 Å². The van der Waals surface area contributed by atoms with Crippen LogP contribution in [0.15, 0.2) is 24.3 Å². The van der Waals surface area contributed by atoms with Crippen molar-refractivity contribution in [2.24, 2.45) is 5.92 Å². The van der Waals surface area contributed by atoms with Gasteiger partial charge in [-0.3, -0.25) is 9.69 Å². The lowest BCUT2D eigenvalue weighted by molar-refractivity contribution is -0.148. The molecule has 1 aromatic rings. The lowest BCUT2D eigenvalue weighted by Gasteiger charge is -2.33. The van der Waals surface area contributed by atoms with Gasteiger partial charge >= 0.3 is 5.97 Å². The molecule has 1 aliphatic heterocycles. The number of aliphatic hydroxyl groups is 1. The number of ether oxygens (including phenoxy) is 2. The molecule has 0 unspecified atom stereocenters. The number of benzene rings is 1. The molecule has 6 nitrogen and oxygen atoms in total. The molecule has 1 heterocycles. The summed E-state index contributed by atoms with van der Waals surface area (Å²) in [7, 11) is 0. The van der Waals surface area contributed by atoms with Crippen LogP contribution in [0.4, 0.5) is 0 Å². The van der Waals surface area contributed by atoms with Crippen LogP contribution in [0.1, 0.15) is 19.8 Å². The van der Waals surface area contributed by atoms with Crippen molar-refractivity contribution in [2.75, 3.05) is 32.8 Å². The fraction of sp³-hybridized carbons (Fsp3) is 0.588. The molecule has 0 aromatic heterocycles. The van der Waals surface area contributed by atoms with E-state index in [0.29, 0.717) is 39.3 Å². The van der Waals surface area contributed by atoms with Gasteiger partial charge in [0.1, 0.15) is 18.1 Å². The third-order valence-corrected chi connectivity index (χ3v) is 3.95. The van der Waals surface area contributed by atoms with E-state index in [2.05, 4.69) is 6.92 Å². The van der Waals surface area contributed by atoms with Crippen molar-refractivity contribution in [3.05, 3.63) is 24.3 Å². The van der Waals surface area contributed by atoms with Gasteiger partial charge in [-0.25, -0.2) is 0 Å². The summed E-state index contributed by atoms with van der Waals surface area (Å²) in [6.45, 7) is 4.95. The lowest BCUT2D eigenvalue weighted by Crippen LogP contribution is -2.47. The van der Waals surface area contributed by atoms with Gasteiger partial charge in [-0.2, -0.15) is 0 Å². The van der Waals surface area contributed by atoms with Crippen molar-refractivity contribution in [3.8, 4) is 11.5 Å². The Morgan fingerprint density at radius 2 is 1.83 bits per heavy atom. The summed E-state index contributed by atoms with van der Waals surface area (Å²) >= 11 is 0. The number of likely N-dealkylation sites (tertiary alicyclic amines) is 1. The molecule has 23 heavy (non-hydrogen) atoms. The van der Waals surface area contributed by atoms with Gasteiger partial charge in [-0.15, -0.1) is 0 Å². The Balaban J connectivity index is 1.73. The van der Waals surface area contributed by atoms with Crippen molar-refractivity contribution in [1.82, 2.24) is 4.90 Å². The number of rotatable bonds is 8. The number of carbonyl (C=O) groups is 1. The molecule has 2 N–H and O–H groups in total. The first-order valence-corrected chi connectivity index (χ1v) is 8.09. The summed E-state index contributed by atoms with van der Waals surface area (Å²) in [6.07, 6.45) is 0.709. The van der Waals surface area contributed by atoms with Gasteiger partial charge in [0.05, 0.1) is 18.6 Å². The number of nitrogens with zero attached hydrogens (tertiary/aromatic N) is 1. The zero-order valence-corrected chi connectivity index (χ0v) is 13.5. The number of aliphatic hydroxyl groups excluding tert-OH is 1. The van der Waals surface area contributed by atoms with Crippen molar-refractivity contribution in [1.29, 1.82) is 0 Å². The number of aliphatic carboxylic acids is 1. The average Bonchev–Trinajstić information content (AvgIpc) is 2.55. The van der Waals surface area contributed by atoms with Crippen LogP contribution in [-0.4, -0.2) is 60.0 Å². The molecule has 128 valence electrons. The molecule has 0 spiro atoms. The fourth-order valence-corrected chi connectivity index (χ4v) is 2.60. The zero-order valence-electron chi connectivity index (χ0n) is 13.5. The van der Waals surface area contributed by atoms with Gasteiger partial charge in [0.2, 0.25) is 0 Å². The quantitative estimate of drug-likeness (QED) is 0.757. The summed E-state index contributed by atoms with van der Waals surface area (Å²) in [5.41, 5.74) is 0. The largest absolute Gasteiger partial charge is 0.494 e. The Morgan fingerprint density at radius 3 is 2.39 bits per heavy atom. The Morgan fingerprint density at radius 1 is 1.22 bits per heavy atom.